The Morgan fingerprint density at radius 2 is 2.06 bits per heavy atom. The number of carboxylic acid groups (broad SMARTS) is 1. The minimum atomic E-state index is -4.55. The first-order valence-corrected chi connectivity index (χ1v) is 6.72. The molecule has 3 unspecified atom stereocenters. The molecule has 1 fully saturated rings. The Bertz CT molecular complexity index is 350. The second-order valence-corrected chi connectivity index (χ2v) is 6.91. The standard InChI is InChI=1S/C9H18NO5P/c1-8(9(2,10)16(13,14)15)5-3-4-6(8)7(11)12/h6H,3-5,10H2,1-2H3,(H,11,12)(H2,13,14,15). The average molecular weight is 251 g/mol. The molecule has 1 saturated carbocycles. The Labute approximate surface area is 94.0 Å². The van der Waals surface area contributed by atoms with Crippen LogP contribution in [-0.4, -0.2) is 26.1 Å². The molecule has 94 valence electrons. The molecular formula is C9H18NO5P. The van der Waals surface area contributed by atoms with E-state index in [0.29, 0.717) is 19.3 Å². The molecule has 0 heterocycles. The van der Waals surface area contributed by atoms with E-state index in [1.807, 2.05) is 0 Å². The van der Waals surface area contributed by atoms with Gasteiger partial charge in [0.1, 0.15) is 5.28 Å². The number of hydrogen-bond acceptors (Lipinski definition) is 3. The lowest BCUT2D eigenvalue weighted by Crippen LogP contribution is -2.54. The van der Waals surface area contributed by atoms with Gasteiger partial charge in [0, 0.05) is 5.41 Å². The van der Waals surface area contributed by atoms with Crippen LogP contribution in [0.1, 0.15) is 33.1 Å². The highest BCUT2D eigenvalue weighted by Crippen LogP contribution is 2.62. The van der Waals surface area contributed by atoms with Crippen LogP contribution in [0.4, 0.5) is 0 Å². The van der Waals surface area contributed by atoms with E-state index >= 15 is 0 Å². The van der Waals surface area contributed by atoms with Crippen molar-refractivity contribution in [2.75, 3.05) is 0 Å². The van der Waals surface area contributed by atoms with Crippen molar-refractivity contribution in [2.45, 2.75) is 38.4 Å². The Balaban J connectivity index is 3.19. The third-order valence-electron chi connectivity index (χ3n) is 4.02. The molecule has 1 rings (SSSR count). The van der Waals surface area contributed by atoms with E-state index in [0.717, 1.165) is 0 Å². The van der Waals surface area contributed by atoms with Crippen LogP contribution in [0, 0.1) is 11.3 Å². The Morgan fingerprint density at radius 1 is 1.56 bits per heavy atom. The van der Waals surface area contributed by atoms with E-state index in [1.54, 1.807) is 6.92 Å². The van der Waals surface area contributed by atoms with Gasteiger partial charge >= 0.3 is 13.6 Å². The molecule has 0 amide bonds. The van der Waals surface area contributed by atoms with Crippen molar-refractivity contribution in [3.63, 3.8) is 0 Å². The predicted molar refractivity (Wildman–Crippen MR) is 57.7 cm³/mol. The van der Waals surface area contributed by atoms with Crippen LogP contribution in [0.2, 0.25) is 0 Å². The normalized spacial score (nSPS) is 34.7. The number of nitrogens with two attached hydrogens (primary N) is 1. The fourth-order valence-corrected chi connectivity index (χ4v) is 3.43. The zero-order valence-corrected chi connectivity index (χ0v) is 10.3. The molecule has 0 aromatic carbocycles. The van der Waals surface area contributed by atoms with Gasteiger partial charge in [-0.3, -0.25) is 9.36 Å². The van der Waals surface area contributed by atoms with Crippen molar-refractivity contribution >= 4 is 13.6 Å². The van der Waals surface area contributed by atoms with Gasteiger partial charge in [0.25, 0.3) is 0 Å². The summed E-state index contributed by atoms with van der Waals surface area (Å²) in [6.07, 6.45) is 1.46. The minimum Gasteiger partial charge on any atom is -0.481 e. The molecule has 7 heteroatoms. The highest BCUT2D eigenvalue weighted by molar-refractivity contribution is 7.53. The Morgan fingerprint density at radius 3 is 2.44 bits per heavy atom. The van der Waals surface area contributed by atoms with Gasteiger partial charge in [0.15, 0.2) is 0 Å². The lowest BCUT2D eigenvalue weighted by Gasteiger charge is -2.43. The molecule has 0 bridgehead atoms. The van der Waals surface area contributed by atoms with Crippen molar-refractivity contribution in [1.82, 2.24) is 0 Å². The van der Waals surface area contributed by atoms with Gasteiger partial charge in [-0.15, -0.1) is 0 Å². The summed E-state index contributed by atoms with van der Waals surface area (Å²) >= 11 is 0. The highest BCUT2D eigenvalue weighted by Gasteiger charge is 2.60. The van der Waals surface area contributed by atoms with Gasteiger partial charge in [-0.1, -0.05) is 13.3 Å². The maximum absolute atomic E-state index is 11.4. The average Bonchev–Trinajstić information content (AvgIpc) is 2.46. The molecule has 5 N–H and O–H groups in total. The molecule has 0 aromatic rings. The van der Waals surface area contributed by atoms with E-state index in [9.17, 15) is 19.1 Å². The lowest BCUT2D eigenvalue weighted by atomic mass is 9.74. The monoisotopic (exact) mass is 251 g/mol. The summed E-state index contributed by atoms with van der Waals surface area (Å²) in [5.41, 5.74) is 4.66. The topological polar surface area (TPSA) is 121 Å². The second kappa shape index (κ2) is 3.81. The van der Waals surface area contributed by atoms with Crippen LogP contribution in [-0.2, 0) is 9.36 Å². The largest absolute Gasteiger partial charge is 0.481 e. The molecule has 1 aliphatic rings. The number of carboxylic acids is 1. The van der Waals surface area contributed by atoms with Crippen LogP contribution in [0.5, 0.6) is 0 Å². The highest BCUT2D eigenvalue weighted by atomic mass is 31.2. The van der Waals surface area contributed by atoms with Gasteiger partial charge in [0.2, 0.25) is 0 Å². The summed E-state index contributed by atoms with van der Waals surface area (Å²) in [4.78, 5) is 29.6. The first-order valence-electron chi connectivity index (χ1n) is 5.11. The van der Waals surface area contributed by atoms with Crippen LogP contribution >= 0.6 is 7.60 Å². The van der Waals surface area contributed by atoms with E-state index < -0.39 is 30.2 Å². The maximum atomic E-state index is 11.4. The molecule has 0 aromatic heterocycles. The van der Waals surface area contributed by atoms with Crippen molar-refractivity contribution in [3.05, 3.63) is 0 Å². The second-order valence-electron chi connectivity index (χ2n) is 4.89. The first kappa shape index (κ1) is 13.6. The SMILES string of the molecule is CC1(C(C)(N)P(=O)(O)O)CCCC1C(=O)O. The van der Waals surface area contributed by atoms with E-state index in [1.165, 1.54) is 6.92 Å². The molecule has 1 aliphatic carbocycles. The fraction of sp³-hybridized carbons (Fsp3) is 0.889. The number of aliphatic carboxylic acids is 1. The van der Waals surface area contributed by atoms with Gasteiger partial charge in [-0.05, 0) is 19.8 Å². The van der Waals surface area contributed by atoms with E-state index in [2.05, 4.69) is 0 Å². The summed E-state index contributed by atoms with van der Waals surface area (Å²) < 4.78 is 11.4. The van der Waals surface area contributed by atoms with Crippen LogP contribution in [0.15, 0.2) is 0 Å². The molecular weight excluding hydrogens is 233 g/mol. The fourth-order valence-electron chi connectivity index (χ4n) is 2.50. The Kier molecular flexibility index (Phi) is 3.25. The minimum absolute atomic E-state index is 0.415. The maximum Gasteiger partial charge on any atom is 0.345 e. The third-order valence-corrected chi connectivity index (χ3v) is 5.74. The number of hydrogen-bond donors (Lipinski definition) is 4. The van der Waals surface area contributed by atoms with E-state index in [4.69, 9.17) is 10.8 Å². The number of carbonyl (C=O) groups is 1. The van der Waals surface area contributed by atoms with Gasteiger partial charge in [0.05, 0.1) is 5.92 Å². The Hall–Kier alpha value is -0.420. The molecule has 0 saturated heterocycles. The molecule has 16 heavy (non-hydrogen) atoms. The summed E-state index contributed by atoms with van der Waals surface area (Å²) in [5, 5.41) is 7.26. The molecule has 0 spiro atoms. The van der Waals surface area contributed by atoms with E-state index in [-0.39, 0.29) is 0 Å². The van der Waals surface area contributed by atoms with Gasteiger partial charge in [-0.2, -0.15) is 0 Å². The summed E-state index contributed by atoms with van der Waals surface area (Å²) in [7, 11) is -4.55. The van der Waals surface area contributed by atoms with Crippen LogP contribution in [0.3, 0.4) is 0 Å². The molecule has 3 atom stereocenters. The van der Waals surface area contributed by atoms with Crippen molar-refractivity contribution in [1.29, 1.82) is 0 Å². The zero-order chi connectivity index (χ0) is 12.8. The molecule has 0 aliphatic heterocycles. The summed E-state index contributed by atoms with van der Waals surface area (Å²) in [6.45, 7) is 2.80. The predicted octanol–water partition coefficient (Wildman–Crippen LogP) is 0.730. The lowest BCUT2D eigenvalue weighted by molar-refractivity contribution is -0.146. The number of rotatable bonds is 3. The quantitative estimate of drug-likeness (QED) is 0.549. The summed E-state index contributed by atoms with van der Waals surface area (Å²) in [6, 6.07) is 0. The third kappa shape index (κ3) is 1.80. The van der Waals surface area contributed by atoms with Crippen molar-refractivity contribution < 1.29 is 24.3 Å². The zero-order valence-electron chi connectivity index (χ0n) is 9.38. The van der Waals surface area contributed by atoms with Crippen molar-refractivity contribution in [2.24, 2.45) is 17.1 Å². The first-order chi connectivity index (χ1) is 7.04. The van der Waals surface area contributed by atoms with Gasteiger partial charge < -0.3 is 20.6 Å². The summed E-state index contributed by atoms with van der Waals surface area (Å²) in [5.74, 6) is -1.83. The molecule has 0 radical (unpaired) electrons. The van der Waals surface area contributed by atoms with Gasteiger partial charge in [-0.25, -0.2) is 0 Å². The smallest absolute Gasteiger partial charge is 0.345 e. The molecule has 6 nitrogen and oxygen atoms in total. The van der Waals surface area contributed by atoms with Crippen LogP contribution in [0.25, 0.3) is 0 Å². The van der Waals surface area contributed by atoms with Crippen LogP contribution < -0.4 is 5.73 Å². The van der Waals surface area contributed by atoms with Crippen molar-refractivity contribution in [3.8, 4) is 0 Å².